The summed E-state index contributed by atoms with van der Waals surface area (Å²) in [4.78, 5) is 11.8. The van der Waals surface area contributed by atoms with Crippen LogP contribution in [-0.2, 0) is 15.9 Å². The van der Waals surface area contributed by atoms with E-state index in [1.807, 2.05) is 13.0 Å². The molecule has 0 amide bonds. The van der Waals surface area contributed by atoms with Gasteiger partial charge < -0.3 is 13.9 Å². The Balaban J connectivity index is 2.05. The van der Waals surface area contributed by atoms with Gasteiger partial charge in [0.2, 0.25) is 5.78 Å². The Kier molecular flexibility index (Phi) is 3.18. The summed E-state index contributed by atoms with van der Waals surface area (Å²) in [5.41, 5.74) is 0. The Bertz CT molecular complexity index is 336. The summed E-state index contributed by atoms with van der Waals surface area (Å²) in [7, 11) is 0. The first kappa shape index (κ1) is 10.4. The van der Waals surface area contributed by atoms with Crippen molar-refractivity contribution in [1.82, 2.24) is 0 Å². The molecule has 0 radical (unpaired) electrons. The number of Topliss-reactive ketones (excluding diaryl/α,β-unsaturated/α-hetero) is 1. The molecule has 1 unspecified atom stereocenters. The predicted octanol–water partition coefficient (Wildman–Crippen LogP) is 1.44. The minimum Gasteiger partial charge on any atom is -0.458 e. The molecule has 1 aromatic rings. The summed E-state index contributed by atoms with van der Waals surface area (Å²) in [5, 5.41) is 0. The van der Waals surface area contributed by atoms with Gasteiger partial charge in [-0.05, 0) is 12.1 Å². The second-order valence-electron chi connectivity index (χ2n) is 3.42. The summed E-state index contributed by atoms with van der Waals surface area (Å²) in [6.45, 7) is 3.33. The van der Waals surface area contributed by atoms with Crippen LogP contribution in [0.4, 0.5) is 0 Å². The van der Waals surface area contributed by atoms with Gasteiger partial charge in [0.05, 0.1) is 19.8 Å². The van der Waals surface area contributed by atoms with Crippen LogP contribution in [0.25, 0.3) is 0 Å². The number of carbonyl (C=O) groups excluding carboxylic acids is 1. The topological polar surface area (TPSA) is 48.7 Å². The third-order valence-corrected chi connectivity index (χ3v) is 2.36. The normalized spacial score (nSPS) is 21.5. The van der Waals surface area contributed by atoms with Crippen LogP contribution in [0.2, 0.25) is 0 Å². The molecular formula is C11H14O4. The molecule has 0 bridgehead atoms. The predicted molar refractivity (Wildman–Crippen MR) is 53.0 cm³/mol. The maximum absolute atomic E-state index is 11.8. The molecule has 0 aromatic carbocycles. The molecule has 4 nitrogen and oxygen atoms in total. The van der Waals surface area contributed by atoms with E-state index >= 15 is 0 Å². The smallest absolute Gasteiger partial charge is 0.228 e. The molecule has 0 aliphatic carbocycles. The Morgan fingerprint density at radius 3 is 2.93 bits per heavy atom. The highest BCUT2D eigenvalue weighted by atomic mass is 16.6. The van der Waals surface area contributed by atoms with E-state index in [1.54, 1.807) is 6.07 Å². The molecular weight excluding hydrogens is 196 g/mol. The molecule has 1 atom stereocenters. The molecule has 0 spiro atoms. The average Bonchev–Trinajstić information content (AvgIpc) is 2.78. The van der Waals surface area contributed by atoms with E-state index < -0.39 is 6.10 Å². The highest BCUT2D eigenvalue weighted by Crippen LogP contribution is 2.14. The lowest BCUT2D eigenvalue weighted by atomic mass is 10.2. The molecule has 1 saturated heterocycles. The molecule has 0 saturated carbocycles. The lowest BCUT2D eigenvalue weighted by molar-refractivity contribution is -0.0726. The van der Waals surface area contributed by atoms with Gasteiger partial charge in [-0.3, -0.25) is 4.79 Å². The number of hydrogen-bond acceptors (Lipinski definition) is 4. The molecule has 15 heavy (non-hydrogen) atoms. The van der Waals surface area contributed by atoms with Crippen LogP contribution >= 0.6 is 0 Å². The van der Waals surface area contributed by atoms with Crippen molar-refractivity contribution in [2.45, 2.75) is 19.4 Å². The Morgan fingerprint density at radius 2 is 2.33 bits per heavy atom. The van der Waals surface area contributed by atoms with E-state index in [0.717, 1.165) is 12.2 Å². The van der Waals surface area contributed by atoms with Crippen LogP contribution in [-0.4, -0.2) is 31.7 Å². The molecule has 2 heterocycles. The van der Waals surface area contributed by atoms with Crippen molar-refractivity contribution in [3.05, 3.63) is 23.7 Å². The van der Waals surface area contributed by atoms with E-state index in [2.05, 4.69) is 0 Å². The fraction of sp³-hybridized carbons (Fsp3) is 0.545. The number of carbonyl (C=O) groups is 1. The quantitative estimate of drug-likeness (QED) is 0.708. The highest BCUT2D eigenvalue weighted by Gasteiger charge is 2.26. The summed E-state index contributed by atoms with van der Waals surface area (Å²) in [5.74, 6) is 1.05. The minimum atomic E-state index is -0.505. The molecule has 2 rings (SSSR count). The largest absolute Gasteiger partial charge is 0.458 e. The number of ketones is 1. The number of furan rings is 1. The maximum atomic E-state index is 11.8. The first-order valence-electron chi connectivity index (χ1n) is 5.13. The second-order valence-corrected chi connectivity index (χ2v) is 3.42. The monoisotopic (exact) mass is 210 g/mol. The standard InChI is InChI=1S/C11H14O4/c1-2-8-3-4-9(15-8)11(12)10-7-13-5-6-14-10/h3-4,10H,2,5-7H2,1H3. The number of rotatable bonds is 3. The lowest BCUT2D eigenvalue weighted by Crippen LogP contribution is -2.35. The van der Waals surface area contributed by atoms with Gasteiger partial charge in [0.15, 0.2) is 5.76 Å². The second kappa shape index (κ2) is 4.59. The van der Waals surface area contributed by atoms with Crippen molar-refractivity contribution in [2.24, 2.45) is 0 Å². The Morgan fingerprint density at radius 1 is 1.47 bits per heavy atom. The van der Waals surface area contributed by atoms with Gasteiger partial charge in [0.25, 0.3) is 0 Å². The third kappa shape index (κ3) is 2.27. The van der Waals surface area contributed by atoms with E-state index in [9.17, 15) is 4.79 Å². The summed E-state index contributed by atoms with van der Waals surface area (Å²) in [6.07, 6.45) is 0.282. The van der Waals surface area contributed by atoms with Crippen molar-refractivity contribution in [2.75, 3.05) is 19.8 Å². The molecule has 1 aliphatic rings. The lowest BCUT2D eigenvalue weighted by Gasteiger charge is -2.20. The Labute approximate surface area is 88.2 Å². The minimum absolute atomic E-state index is 0.130. The van der Waals surface area contributed by atoms with Gasteiger partial charge in [0, 0.05) is 6.42 Å². The van der Waals surface area contributed by atoms with E-state index in [0.29, 0.717) is 25.6 Å². The van der Waals surface area contributed by atoms with Crippen LogP contribution in [0.5, 0.6) is 0 Å². The van der Waals surface area contributed by atoms with Crippen LogP contribution in [0, 0.1) is 0 Å². The molecule has 0 N–H and O–H groups in total. The molecule has 1 aliphatic heterocycles. The highest BCUT2D eigenvalue weighted by molar-refractivity contribution is 5.97. The number of aryl methyl sites for hydroxylation is 1. The maximum Gasteiger partial charge on any atom is 0.228 e. The van der Waals surface area contributed by atoms with Crippen molar-refractivity contribution in [3.8, 4) is 0 Å². The SMILES string of the molecule is CCc1ccc(C(=O)C2COCCO2)o1. The van der Waals surface area contributed by atoms with Crippen LogP contribution in [0.1, 0.15) is 23.2 Å². The van der Waals surface area contributed by atoms with Crippen molar-refractivity contribution < 1.29 is 18.7 Å². The summed E-state index contributed by atoms with van der Waals surface area (Å²) >= 11 is 0. The molecule has 82 valence electrons. The van der Waals surface area contributed by atoms with Crippen LogP contribution in [0.3, 0.4) is 0 Å². The van der Waals surface area contributed by atoms with E-state index in [4.69, 9.17) is 13.9 Å². The van der Waals surface area contributed by atoms with Crippen LogP contribution in [0.15, 0.2) is 16.5 Å². The van der Waals surface area contributed by atoms with Gasteiger partial charge in [-0.1, -0.05) is 6.92 Å². The molecule has 1 fully saturated rings. The fourth-order valence-corrected chi connectivity index (χ4v) is 1.50. The first-order chi connectivity index (χ1) is 7.31. The molecule has 1 aromatic heterocycles. The number of hydrogen-bond donors (Lipinski definition) is 0. The van der Waals surface area contributed by atoms with E-state index in [-0.39, 0.29) is 5.78 Å². The van der Waals surface area contributed by atoms with E-state index in [1.165, 1.54) is 0 Å². The molecule has 4 heteroatoms. The summed E-state index contributed by atoms with van der Waals surface area (Å²) in [6, 6.07) is 3.51. The van der Waals surface area contributed by atoms with Gasteiger partial charge in [0.1, 0.15) is 11.9 Å². The van der Waals surface area contributed by atoms with Gasteiger partial charge in [-0.2, -0.15) is 0 Å². The van der Waals surface area contributed by atoms with Crippen molar-refractivity contribution in [3.63, 3.8) is 0 Å². The van der Waals surface area contributed by atoms with Gasteiger partial charge >= 0.3 is 0 Å². The average molecular weight is 210 g/mol. The van der Waals surface area contributed by atoms with Crippen molar-refractivity contribution in [1.29, 1.82) is 0 Å². The fourth-order valence-electron chi connectivity index (χ4n) is 1.50. The van der Waals surface area contributed by atoms with Gasteiger partial charge in [-0.15, -0.1) is 0 Å². The first-order valence-corrected chi connectivity index (χ1v) is 5.13. The zero-order chi connectivity index (χ0) is 10.7. The zero-order valence-corrected chi connectivity index (χ0v) is 8.69. The van der Waals surface area contributed by atoms with Crippen LogP contribution < -0.4 is 0 Å². The van der Waals surface area contributed by atoms with Crippen molar-refractivity contribution >= 4 is 5.78 Å². The summed E-state index contributed by atoms with van der Waals surface area (Å²) < 4.78 is 15.8. The zero-order valence-electron chi connectivity index (χ0n) is 8.69. The van der Waals surface area contributed by atoms with Gasteiger partial charge in [-0.25, -0.2) is 0 Å². The number of ether oxygens (including phenoxy) is 2. The Hall–Kier alpha value is -1.13. The third-order valence-electron chi connectivity index (χ3n) is 2.36.